The van der Waals surface area contributed by atoms with Crippen LogP contribution in [0.4, 0.5) is 27.4 Å². The van der Waals surface area contributed by atoms with E-state index in [-0.39, 0.29) is 40.1 Å². The Morgan fingerprint density at radius 1 is 1.20 bits per heavy atom. The minimum Gasteiger partial charge on any atom is -0.494 e. The van der Waals surface area contributed by atoms with E-state index in [4.69, 9.17) is 4.74 Å². The normalized spacial score (nSPS) is 11.2. The van der Waals surface area contributed by atoms with Gasteiger partial charge in [0.05, 0.1) is 40.7 Å². The lowest BCUT2D eigenvalue weighted by atomic mass is 10.1. The fourth-order valence-corrected chi connectivity index (χ4v) is 4.67. The number of imidazole rings is 1. The average Bonchev–Trinajstić information content (AvgIpc) is 3.27. The predicted molar refractivity (Wildman–Crippen MR) is 155 cm³/mol. The number of nitrogens with one attached hydrogen (secondary N) is 1. The van der Waals surface area contributed by atoms with Gasteiger partial charge in [0.15, 0.2) is 5.82 Å². The second-order valence-corrected chi connectivity index (χ2v) is 10.2. The number of fused-ring (bicyclic) bond motifs is 1. The van der Waals surface area contributed by atoms with E-state index in [9.17, 15) is 15.4 Å². The molecule has 13 heteroatoms. The Morgan fingerprint density at radius 2 is 1.93 bits per heavy atom. The van der Waals surface area contributed by atoms with Crippen LogP contribution >= 0.6 is 0 Å². The molecule has 0 amide bonds. The van der Waals surface area contributed by atoms with Gasteiger partial charge in [0.25, 0.3) is 5.69 Å². The Morgan fingerprint density at radius 3 is 2.54 bits per heavy atom. The largest absolute Gasteiger partial charge is 0.494 e. The quantitative estimate of drug-likeness (QED) is 0.207. The predicted octanol–water partition coefficient (Wildman–Crippen LogP) is 5.05. The van der Waals surface area contributed by atoms with Gasteiger partial charge in [0, 0.05) is 43.9 Å². The van der Waals surface area contributed by atoms with Crippen LogP contribution in [-0.2, 0) is 0 Å². The first-order valence-electron chi connectivity index (χ1n) is 12.9. The molecule has 4 aromatic rings. The summed E-state index contributed by atoms with van der Waals surface area (Å²) in [6.07, 6.45) is 1.32. The molecule has 214 valence electrons. The van der Waals surface area contributed by atoms with Crippen LogP contribution in [0, 0.1) is 34.2 Å². The van der Waals surface area contributed by atoms with Crippen LogP contribution in [0.5, 0.6) is 5.75 Å². The maximum absolute atomic E-state index is 15.2. The number of benzene rings is 2. The molecular weight excluding hydrogens is 529 g/mol. The van der Waals surface area contributed by atoms with E-state index in [2.05, 4.69) is 26.3 Å². The number of ether oxygens (including phenoxy) is 1. The molecule has 0 saturated carbocycles. The molecule has 0 saturated heterocycles. The number of anilines is 3. The molecule has 0 atom stereocenters. The molecule has 0 unspecified atom stereocenters. The van der Waals surface area contributed by atoms with Crippen molar-refractivity contribution in [3.8, 4) is 23.1 Å². The van der Waals surface area contributed by atoms with Gasteiger partial charge in [-0.3, -0.25) is 10.1 Å². The third-order valence-electron chi connectivity index (χ3n) is 6.66. The van der Waals surface area contributed by atoms with Crippen LogP contribution in [0.15, 0.2) is 30.5 Å². The first-order chi connectivity index (χ1) is 19.4. The van der Waals surface area contributed by atoms with Crippen molar-refractivity contribution in [3.05, 3.63) is 57.8 Å². The molecule has 0 aliphatic heterocycles. The number of nitro groups is 1. The Kier molecular flexibility index (Phi) is 8.34. The van der Waals surface area contributed by atoms with Crippen LogP contribution in [0.25, 0.3) is 22.3 Å². The molecule has 0 fully saturated rings. The smallest absolute Gasteiger partial charge is 0.294 e. The van der Waals surface area contributed by atoms with Gasteiger partial charge < -0.3 is 24.4 Å². The molecule has 0 aliphatic carbocycles. The highest BCUT2D eigenvalue weighted by atomic mass is 19.1. The SMILES string of the molecule is COc1cc(N(C)CCN(C)C)c([N+](=O)[O-])cc1Nc1ncc(C#N)c(-c2cc(F)c3nc(C)n(C(C)C)c3c2)n1. The van der Waals surface area contributed by atoms with Crippen LogP contribution in [0.1, 0.15) is 31.3 Å². The van der Waals surface area contributed by atoms with Crippen molar-refractivity contribution < 1.29 is 14.1 Å². The maximum atomic E-state index is 15.2. The van der Waals surface area contributed by atoms with E-state index in [1.807, 2.05) is 44.3 Å². The van der Waals surface area contributed by atoms with Crippen molar-refractivity contribution in [2.24, 2.45) is 0 Å². The molecule has 2 heterocycles. The maximum Gasteiger partial charge on any atom is 0.294 e. The highest BCUT2D eigenvalue weighted by molar-refractivity contribution is 5.84. The van der Waals surface area contributed by atoms with Gasteiger partial charge >= 0.3 is 0 Å². The van der Waals surface area contributed by atoms with Gasteiger partial charge in [0.2, 0.25) is 5.95 Å². The monoisotopic (exact) mass is 561 g/mol. The summed E-state index contributed by atoms with van der Waals surface area (Å²) >= 11 is 0. The van der Waals surface area contributed by atoms with Crippen molar-refractivity contribution in [1.82, 2.24) is 24.4 Å². The minimum atomic E-state index is -0.539. The zero-order chi connectivity index (χ0) is 30.0. The molecule has 0 bridgehead atoms. The number of aromatic nitrogens is 4. The summed E-state index contributed by atoms with van der Waals surface area (Å²) in [5.41, 5.74) is 2.04. The van der Waals surface area contributed by atoms with E-state index in [0.29, 0.717) is 41.4 Å². The van der Waals surface area contributed by atoms with Crippen LogP contribution in [0.3, 0.4) is 0 Å². The number of hydrogen-bond acceptors (Lipinski definition) is 10. The highest BCUT2D eigenvalue weighted by Crippen LogP contribution is 2.39. The molecule has 4 rings (SSSR count). The van der Waals surface area contributed by atoms with E-state index < -0.39 is 10.7 Å². The molecule has 1 N–H and O–H groups in total. The lowest BCUT2D eigenvalue weighted by molar-refractivity contribution is -0.384. The van der Waals surface area contributed by atoms with Gasteiger partial charge in [-0.15, -0.1) is 0 Å². The van der Waals surface area contributed by atoms with E-state index in [0.717, 1.165) is 0 Å². The number of likely N-dealkylation sites (N-methyl/N-ethyl adjacent to an activating group) is 2. The number of hydrogen-bond donors (Lipinski definition) is 1. The fraction of sp³-hybridized carbons (Fsp3) is 0.357. The number of nitro benzene ring substituents is 1. The van der Waals surface area contributed by atoms with E-state index in [1.165, 1.54) is 25.4 Å². The number of rotatable bonds is 10. The summed E-state index contributed by atoms with van der Waals surface area (Å²) in [7, 11) is 7.08. The molecule has 0 spiro atoms. The Hall–Kier alpha value is -4.83. The molecule has 12 nitrogen and oxygen atoms in total. The van der Waals surface area contributed by atoms with Crippen molar-refractivity contribution >= 4 is 34.0 Å². The second-order valence-electron chi connectivity index (χ2n) is 10.2. The molecule has 2 aromatic heterocycles. The number of nitrogens with zero attached hydrogens (tertiary/aromatic N) is 8. The summed E-state index contributed by atoms with van der Waals surface area (Å²) in [4.78, 5) is 28.4. The minimum absolute atomic E-state index is 0.0286. The summed E-state index contributed by atoms with van der Waals surface area (Å²) in [5, 5.41) is 24.7. The first kappa shape index (κ1) is 29.2. The molecule has 0 aliphatic rings. The van der Waals surface area contributed by atoms with Gasteiger partial charge in [-0.05, 0) is 47.0 Å². The van der Waals surface area contributed by atoms with Gasteiger partial charge in [-0.2, -0.15) is 5.26 Å². The lowest BCUT2D eigenvalue weighted by Crippen LogP contribution is -2.28. The van der Waals surface area contributed by atoms with Crippen molar-refractivity contribution in [2.45, 2.75) is 26.8 Å². The summed E-state index contributed by atoms with van der Waals surface area (Å²) in [6.45, 7) is 7.02. The van der Waals surface area contributed by atoms with Gasteiger partial charge in [-0.1, -0.05) is 0 Å². The van der Waals surface area contributed by atoms with E-state index in [1.54, 1.807) is 24.1 Å². The number of aryl methyl sites for hydroxylation is 1. The van der Waals surface area contributed by atoms with Crippen molar-refractivity contribution in [1.29, 1.82) is 5.26 Å². The summed E-state index contributed by atoms with van der Waals surface area (Å²) in [6, 6.07) is 8.06. The molecule has 2 aromatic carbocycles. The van der Waals surface area contributed by atoms with Crippen LogP contribution in [0.2, 0.25) is 0 Å². The topological polar surface area (TPSA) is 138 Å². The fourth-order valence-electron chi connectivity index (χ4n) is 4.67. The van der Waals surface area contributed by atoms with Crippen LogP contribution < -0.4 is 15.0 Å². The third-order valence-corrected chi connectivity index (χ3v) is 6.66. The van der Waals surface area contributed by atoms with Crippen molar-refractivity contribution in [3.63, 3.8) is 0 Å². The van der Waals surface area contributed by atoms with Gasteiger partial charge in [-0.25, -0.2) is 19.3 Å². The lowest BCUT2D eigenvalue weighted by Gasteiger charge is -2.22. The molecular formula is C28H32FN9O3. The van der Waals surface area contributed by atoms with Crippen molar-refractivity contribution in [2.75, 3.05) is 51.6 Å². The summed E-state index contributed by atoms with van der Waals surface area (Å²) < 4.78 is 22.6. The number of halogens is 1. The first-order valence-corrected chi connectivity index (χ1v) is 12.9. The summed E-state index contributed by atoms with van der Waals surface area (Å²) in [5.74, 6) is 0.513. The Labute approximate surface area is 237 Å². The zero-order valence-corrected chi connectivity index (χ0v) is 24.1. The van der Waals surface area contributed by atoms with E-state index >= 15 is 4.39 Å². The standard InChI is InChI=1S/C28H32FN9O3/c1-16(2)37-17(3)32-27-20(29)10-18(11-24(27)37)26-19(14-30)15-31-28(34-26)33-21-12-23(38(39)40)22(13-25(21)41-7)36(6)9-8-35(4)5/h10-13,15-16H,8-9H2,1-7H3,(H,31,33,34). The zero-order valence-electron chi connectivity index (χ0n) is 24.1. The van der Waals surface area contributed by atoms with Gasteiger partial charge in [0.1, 0.15) is 28.8 Å². The molecule has 41 heavy (non-hydrogen) atoms. The Bertz CT molecular complexity index is 1660. The number of nitriles is 1. The highest BCUT2D eigenvalue weighted by Gasteiger charge is 2.23. The number of methoxy groups -OCH3 is 1. The average molecular weight is 562 g/mol. The Balaban J connectivity index is 1.79. The third kappa shape index (κ3) is 5.87. The van der Waals surface area contributed by atoms with Crippen LogP contribution in [-0.4, -0.2) is 70.7 Å². The second kappa shape index (κ2) is 11.7. The molecule has 0 radical (unpaired) electrons.